The highest BCUT2D eigenvalue weighted by atomic mass is 16.7. The zero-order valence-electron chi connectivity index (χ0n) is 9.38. The quantitative estimate of drug-likeness (QED) is 0.758. The molecule has 1 heterocycles. The van der Waals surface area contributed by atoms with Gasteiger partial charge in [0, 0.05) is 5.56 Å². The highest BCUT2D eigenvalue weighted by molar-refractivity contribution is 6.38. The van der Waals surface area contributed by atoms with Crippen LogP contribution in [-0.2, 0) is 0 Å². The average Bonchev–Trinajstić information content (AvgIpc) is 2.70. The van der Waals surface area contributed by atoms with E-state index >= 15 is 0 Å². The summed E-state index contributed by atoms with van der Waals surface area (Å²) in [5, 5.41) is 9.32. The van der Waals surface area contributed by atoms with Gasteiger partial charge in [0.15, 0.2) is 5.75 Å². The SMILES string of the molecule is Cc1ccc(-c2cccc3c2OB(O)O3)cc1. The lowest BCUT2D eigenvalue weighted by molar-refractivity contribution is 0.342. The van der Waals surface area contributed by atoms with Gasteiger partial charge in [0.05, 0.1) is 0 Å². The molecule has 1 aliphatic rings. The Hall–Kier alpha value is -1.94. The summed E-state index contributed by atoms with van der Waals surface area (Å²) in [6.45, 7) is 2.04. The Balaban J connectivity index is 2.10. The molecule has 0 aliphatic carbocycles. The van der Waals surface area contributed by atoms with Crippen molar-refractivity contribution in [1.82, 2.24) is 0 Å². The molecule has 0 aromatic heterocycles. The summed E-state index contributed by atoms with van der Waals surface area (Å²) in [4.78, 5) is 0. The third-order valence-corrected chi connectivity index (χ3v) is 2.79. The number of benzene rings is 2. The van der Waals surface area contributed by atoms with Crippen molar-refractivity contribution in [2.75, 3.05) is 0 Å². The molecule has 17 heavy (non-hydrogen) atoms. The molecule has 3 nitrogen and oxygen atoms in total. The molecular formula is C13H11BO3. The minimum atomic E-state index is -1.20. The first-order chi connectivity index (χ1) is 8.24. The van der Waals surface area contributed by atoms with Crippen molar-refractivity contribution in [3.8, 4) is 22.6 Å². The summed E-state index contributed by atoms with van der Waals surface area (Å²) >= 11 is 0. The van der Waals surface area contributed by atoms with E-state index in [1.807, 2.05) is 43.3 Å². The maximum Gasteiger partial charge on any atom is 0.785 e. The summed E-state index contributed by atoms with van der Waals surface area (Å²) < 4.78 is 10.4. The lowest BCUT2D eigenvalue weighted by Gasteiger charge is -2.06. The third-order valence-electron chi connectivity index (χ3n) is 2.79. The fraction of sp³-hybridized carbons (Fsp3) is 0.0769. The molecule has 2 aromatic rings. The second kappa shape index (κ2) is 3.82. The molecule has 4 heteroatoms. The standard InChI is InChI=1S/C13H11BO3/c1-9-5-7-10(8-6-9)11-3-2-4-12-13(11)17-14(15)16-12/h2-8,15H,1H3. The van der Waals surface area contributed by atoms with Crippen molar-refractivity contribution in [3.63, 3.8) is 0 Å². The Morgan fingerprint density at radius 2 is 1.76 bits per heavy atom. The van der Waals surface area contributed by atoms with Crippen molar-refractivity contribution in [1.29, 1.82) is 0 Å². The normalized spacial score (nSPS) is 12.9. The molecule has 0 radical (unpaired) electrons. The molecular weight excluding hydrogens is 215 g/mol. The highest BCUT2D eigenvalue weighted by Gasteiger charge is 2.32. The fourth-order valence-corrected chi connectivity index (χ4v) is 1.92. The van der Waals surface area contributed by atoms with Crippen molar-refractivity contribution in [2.24, 2.45) is 0 Å². The van der Waals surface area contributed by atoms with E-state index in [1.165, 1.54) is 5.56 Å². The number of rotatable bonds is 1. The van der Waals surface area contributed by atoms with Gasteiger partial charge in [-0.1, -0.05) is 42.0 Å². The summed E-state index contributed by atoms with van der Waals surface area (Å²) in [5.74, 6) is 1.18. The summed E-state index contributed by atoms with van der Waals surface area (Å²) in [5.41, 5.74) is 3.18. The van der Waals surface area contributed by atoms with Crippen molar-refractivity contribution < 1.29 is 14.3 Å². The van der Waals surface area contributed by atoms with E-state index in [0.29, 0.717) is 11.5 Å². The number of fused-ring (bicyclic) bond motifs is 1. The molecule has 0 saturated carbocycles. The number of aryl methyl sites for hydroxylation is 1. The summed E-state index contributed by atoms with van der Waals surface area (Å²) in [6.07, 6.45) is 0. The van der Waals surface area contributed by atoms with Gasteiger partial charge >= 0.3 is 7.32 Å². The molecule has 0 atom stereocenters. The van der Waals surface area contributed by atoms with Crippen LogP contribution in [0.15, 0.2) is 42.5 Å². The lowest BCUT2D eigenvalue weighted by Crippen LogP contribution is -2.23. The van der Waals surface area contributed by atoms with Crippen molar-refractivity contribution in [2.45, 2.75) is 6.92 Å². The van der Waals surface area contributed by atoms with Crippen LogP contribution in [0.2, 0.25) is 0 Å². The van der Waals surface area contributed by atoms with Gasteiger partial charge in [-0.2, -0.15) is 0 Å². The van der Waals surface area contributed by atoms with Crippen LogP contribution >= 0.6 is 0 Å². The predicted octanol–water partition coefficient (Wildman–Crippen LogP) is 2.41. The largest absolute Gasteiger partial charge is 0.785 e. The Morgan fingerprint density at radius 3 is 2.53 bits per heavy atom. The van der Waals surface area contributed by atoms with Gasteiger partial charge in [0.1, 0.15) is 5.75 Å². The number of hydrogen-bond donors (Lipinski definition) is 1. The van der Waals surface area contributed by atoms with Gasteiger partial charge in [0.2, 0.25) is 0 Å². The second-order valence-electron chi connectivity index (χ2n) is 4.04. The minimum Gasteiger partial charge on any atom is -0.498 e. The van der Waals surface area contributed by atoms with Gasteiger partial charge in [-0.15, -0.1) is 0 Å². The lowest BCUT2D eigenvalue weighted by atomic mass is 10.0. The smallest absolute Gasteiger partial charge is 0.498 e. The van der Waals surface area contributed by atoms with E-state index in [4.69, 9.17) is 9.31 Å². The Kier molecular flexibility index (Phi) is 2.30. The maximum absolute atomic E-state index is 9.32. The molecule has 2 aromatic carbocycles. The molecule has 0 spiro atoms. The molecule has 84 valence electrons. The van der Waals surface area contributed by atoms with Gasteiger partial charge in [-0.3, -0.25) is 0 Å². The first kappa shape index (κ1) is 10.2. The first-order valence-corrected chi connectivity index (χ1v) is 5.45. The van der Waals surface area contributed by atoms with Gasteiger partial charge < -0.3 is 14.3 Å². The van der Waals surface area contributed by atoms with E-state index in [2.05, 4.69) is 0 Å². The van der Waals surface area contributed by atoms with Crippen LogP contribution in [-0.4, -0.2) is 12.3 Å². The topological polar surface area (TPSA) is 38.7 Å². The minimum absolute atomic E-state index is 0.579. The molecule has 0 fully saturated rings. The molecule has 1 aliphatic heterocycles. The van der Waals surface area contributed by atoms with E-state index < -0.39 is 7.32 Å². The zero-order valence-corrected chi connectivity index (χ0v) is 9.38. The van der Waals surface area contributed by atoms with Crippen LogP contribution in [0, 0.1) is 6.92 Å². The fourth-order valence-electron chi connectivity index (χ4n) is 1.92. The molecule has 1 N–H and O–H groups in total. The van der Waals surface area contributed by atoms with Crippen molar-refractivity contribution in [3.05, 3.63) is 48.0 Å². The van der Waals surface area contributed by atoms with Crippen LogP contribution in [0.1, 0.15) is 5.56 Å². The summed E-state index contributed by atoms with van der Waals surface area (Å²) in [7, 11) is -1.20. The maximum atomic E-state index is 9.32. The monoisotopic (exact) mass is 226 g/mol. The second-order valence-corrected chi connectivity index (χ2v) is 4.04. The zero-order chi connectivity index (χ0) is 11.8. The van der Waals surface area contributed by atoms with Gasteiger partial charge in [-0.05, 0) is 18.6 Å². The van der Waals surface area contributed by atoms with Crippen LogP contribution < -0.4 is 9.31 Å². The van der Waals surface area contributed by atoms with E-state index in [1.54, 1.807) is 6.07 Å². The molecule has 0 unspecified atom stereocenters. The van der Waals surface area contributed by atoms with Crippen LogP contribution in [0.5, 0.6) is 11.5 Å². The number of para-hydroxylation sites is 1. The van der Waals surface area contributed by atoms with Crippen LogP contribution in [0.3, 0.4) is 0 Å². The third kappa shape index (κ3) is 1.76. The number of hydrogen-bond acceptors (Lipinski definition) is 3. The predicted molar refractivity (Wildman–Crippen MR) is 65.8 cm³/mol. The molecule has 0 amide bonds. The molecule has 3 rings (SSSR count). The van der Waals surface area contributed by atoms with Crippen LogP contribution in [0.4, 0.5) is 0 Å². The highest BCUT2D eigenvalue weighted by Crippen LogP contribution is 2.41. The Bertz CT molecular complexity index is 551. The van der Waals surface area contributed by atoms with E-state index in [0.717, 1.165) is 11.1 Å². The summed E-state index contributed by atoms with van der Waals surface area (Å²) in [6, 6.07) is 13.8. The Labute approximate surface area is 99.8 Å². The first-order valence-electron chi connectivity index (χ1n) is 5.45. The Morgan fingerprint density at radius 1 is 1.00 bits per heavy atom. The van der Waals surface area contributed by atoms with E-state index in [-0.39, 0.29) is 0 Å². The van der Waals surface area contributed by atoms with Crippen LogP contribution in [0.25, 0.3) is 11.1 Å². The molecule has 0 bridgehead atoms. The van der Waals surface area contributed by atoms with Crippen molar-refractivity contribution >= 4 is 7.32 Å². The van der Waals surface area contributed by atoms with E-state index in [9.17, 15) is 5.02 Å². The van der Waals surface area contributed by atoms with Gasteiger partial charge in [-0.25, -0.2) is 0 Å². The molecule has 0 saturated heterocycles. The van der Waals surface area contributed by atoms with Gasteiger partial charge in [0.25, 0.3) is 0 Å². The average molecular weight is 226 g/mol.